The number of hydrogen-bond acceptors (Lipinski definition) is 5. The lowest BCUT2D eigenvalue weighted by atomic mass is 9.63. The third kappa shape index (κ3) is 2.78. The van der Waals surface area contributed by atoms with Gasteiger partial charge in [-0.2, -0.15) is 0 Å². The molecule has 170 valence electrons. The minimum Gasteiger partial charge on any atom is -0.490 e. The van der Waals surface area contributed by atoms with Crippen LogP contribution in [0.25, 0.3) is 0 Å². The Hall–Kier alpha value is -2.19. The van der Waals surface area contributed by atoms with Gasteiger partial charge in [0.25, 0.3) is 0 Å². The molecule has 0 spiro atoms. The molecule has 1 saturated heterocycles. The van der Waals surface area contributed by atoms with E-state index in [0.29, 0.717) is 11.4 Å². The maximum absolute atomic E-state index is 15.3. The molecular weight excluding hydrogens is 462 g/mol. The smallest absolute Gasteiger partial charge is 0.309 e. The molecular formula is C23H21ClF2O5S. The van der Waals surface area contributed by atoms with Crippen LogP contribution >= 0.6 is 11.6 Å². The lowest BCUT2D eigenvalue weighted by Gasteiger charge is -2.51. The van der Waals surface area contributed by atoms with Crippen molar-refractivity contribution in [3.8, 4) is 5.75 Å². The van der Waals surface area contributed by atoms with Crippen molar-refractivity contribution in [3.63, 3.8) is 0 Å². The molecule has 0 bridgehead atoms. The van der Waals surface area contributed by atoms with Crippen molar-refractivity contribution in [1.29, 1.82) is 0 Å². The number of fused-ring (bicyclic) bond motifs is 5. The fraction of sp³-hybridized carbons (Fsp3) is 0.435. The monoisotopic (exact) mass is 482 g/mol. The van der Waals surface area contributed by atoms with E-state index in [2.05, 4.69) is 0 Å². The molecule has 0 amide bonds. The molecule has 32 heavy (non-hydrogen) atoms. The van der Waals surface area contributed by atoms with Crippen molar-refractivity contribution in [2.45, 2.75) is 41.9 Å². The minimum absolute atomic E-state index is 0.0236. The van der Waals surface area contributed by atoms with Crippen LogP contribution in [-0.4, -0.2) is 27.1 Å². The second-order valence-corrected chi connectivity index (χ2v) is 11.2. The molecule has 5 atom stereocenters. The number of halogens is 3. The zero-order chi connectivity index (χ0) is 22.8. The van der Waals surface area contributed by atoms with Crippen molar-refractivity contribution >= 4 is 27.4 Å². The Labute approximate surface area is 189 Å². The van der Waals surface area contributed by atoms with Crippen LogP contribution in [0.1, 0.15) is 31.7 Å². The van der Waals surface area contributed by atoms with Gasteiger partial charge >= 0.3 is 5.97 Å². The van der Waals surface area contributed by atoms with Crippen molar-refractivity contribution in [2.75, 3.05) is 6.61 Å². The van der Waals surface area contributed by atoms with Gasteiger partial charge in [-0.15, -0.1) is 0 Å². The molecule has 0 radical (unpaired) electrons. The summed E-state index contributed by atoms with van der Waals surface area (Å²) in [5.74, 6) is -4.24. The summed E-state index contributed by atoms with van der Waals surface area (Å²) in [6.45, 7) is 1.67. The molecule has 0 N–H and O–H groups in total. The number of carbonyl (C=O) groups is 1. The van der Waals surface area contributed by atoms with E-state index in [1.54, 1.807) is 0 Å². The molecule has 5 rings (SSSR count). The molecule has 2 fully saturated rings. The number of benzene rings is 2. The molecule has 0 unspecified atom stereocenters. The van der Waals surface area contributed by atoms with E-state index in [1.165, 1.54) is 24.3 Å². The van der Waals surface area contributed by atoms with E-state index in [9.17, 15) is 17.6 Å². The molecule has 2 aromatic rings. The summed E-state index contributed by atoms with van der Waals surface area (Å²) in [6.07, 6.45) is 0.176. The summed E-state index contributed by atoms with van der Waals surface area (Å²) in [6, 6.07) is 7.50. The average molecular weight is 483 g/mol. The van der Waals surface area contributed by atoms with Crippen molar-refractivity contribution in [1.82, 2.24) is 0 Å². The van der Waals surface area contributed by atoms with Gasteiger partial charge in [0.05, 0.1) is 23.0 Å². The Kier molecular flexibility index (Phi) is 5.02. The fourth-order valence-electron chi connectivity index (χ4n) is 5.90. The summed E-state index contributed by atoms with van der Waals surface area (Å²) in [5.41, 5.74) is -0.295. The van der Waals surface area contributed by atoms with Gasteiger partial charge < -0.3 is 9.47 Å². The molecule has 3 aliphatic rings. The van der Waals surface area contributed by atoms with Crippen molar-refractivity contribution < 1.29 is 31.5 Å². The average Bonchev–Trinajstić information content (AvgIpc) is 3.11. The van der Waals surface area contributed by atoms with Crippen LogP contribution in [0.4, 0.5) is 8.78 Å². The standard InChI is InChI=1S/C23H21ClF2O5S/c1-2-14-19-15-11-30-21-17(26)8-7-16(25)20(21)23(15,10-9-18(19)31-22(14)27)32(28,29)13-5-3-12(24)4-6-13/h3-8,14-15,18-19H,2,9-11H2,1H3/t14-,15+,18-,19+,23+/m1/s1. The minimum atomic E-state index is -4.25. The molecule has 1 aliphatic carbocycles. The van der Waals surface area contributed by atoms with Gasteiger partial charge in [0.1, 0.15) is 16.7 Å². The van der Waals surface area contributed by atoms with E-state index in [4.69, 9.17) is 21.1 Å². The van der Waals surface area contributed by atoms with Gasteiger partial charge in [0, 0.05) is 16.9 Å². The third-order valence-corrected chi connectivity index (χ3v) is 10.1. The van der Waals surface area contributed by atoms with Crippen LogP contribution in [0.5, 0.6) is 5.75 Å². The van der Waals surface area contributed by atoms with Crippen LogP contribution in [0, 0.1) is 29.4 Å². The zero-order valence-electron chi connectivity index (χ0n) is 17.2. The topological polar surface area (TPSA) is 69.7 Å². The third-order valence-electron chi connectivity index (χ3n) is 7.26. The first-order chi connectivity index (χ1) is 15.2. The first kappa shape index (κ1) is 21.6. The largest absolute Gasteiger partial charge is 0.490 e. The highest BCUT2D eigenvalue weighted by molar-refractivity contribution is 7.92. The first-order valence-corrected chi connectivity index (χ1v) is 12.4. The highest BCUT2D eigenvalue weighted by Gasteiger charge is 2.66. The Bertz CT molecular complexity index is 1200. The summed E-state index contributed by atoms with van der Waals surface area (Å²) >= 11 is 5.96. The highest BCUT2D eigenvalue weighted by Crippen LogP contribution is 2.61. The van der Waals surface area contributed by atoms with Crippen LogP contribution in [-0.2, 0) is 24.1 Å². The van der Waals surface area contributed by atoms with Gasteiger partial charge in [0.2, 0.25) is 0 Å². The fourth-order valence-corrected chi connectivity index (χ4v) is 8.41. The molecule has 2 heterocycles. The molecule has 9 heteroatoms. The highest BCUT2D eigenvalue weighted by atomic mass is 35.5. The van der Waals surface area contributed by atoms with Gasteiger partial charge in [0.15, 0.2) is 21.4 Å². The Morgan fingerprint density at radius 2 is 1.81 bits per heavy atom. The number of hydrogen-bond donors (Lipinski definition) is 0. The van der Waals surface area contributed by atoms with Crippen molar-refractivity contribution in [2.24, 2.45) is 17.8 Å². The molecule has 0 aromatic heterocycles. The van der Waals surface area contributed by atoms with Gasteiger partial charge in [-0.25, -0.2) is 17.2 Å². The Morgan fingerprint density at radius 1 is 1.12 bits per heavy atom. The lowest BCUT2D eigenvalue weighted by molar-refractivity contribution is -0.144. The van der Waals surface area contributed by atoms with E-state index in [0.717, 1.165) is 12.1 Å². The second-order valence-electron chi connectivity index (χ2n) is 8.60. The van der Waals surface area contributed by atoms with Crippen LogP contribution in [0.3, 0.4) is 0 Å². The number of rotatable bonds is 3. The molecule has 5 nitrogen and oxygen atoms in total. The maximum Gasteiger partial charge on any atom is 0.309 e. The summed E-state index contributed by atoms with van der Waals surface area (Å²) in [5, 5.41) is 0.354. The summed E-state index contributed by atoms with van der Waals surface area (Å²) in [7, 11) is -4.25. The predicted octanol–water partition coefficient (Wildman–Crippen LogP) is 4.66. The second kappa shape index (κ2) is 7.42. The molecule has 2 aromatic carbocycles. The maximum atomic E-state index is 15.3. The van der Waals surface area contributed by atoms with Gasteiger partial charge in [-0.3, -0.25) is 4.79 Å². The lowest BCUT2D eigenvalue weighted by Crippen LogP contribution is -2.57. The normalized spacial score (nSPS) is 31.2. The van der Waals surface area contributed by atoms with E-state index >= 15 is 4.39 Å². The van der Waals surface area contributed by atoms with Gasteiger partial charge in [-0.1, -0.05) is 18.5 Å². The number of ether oxygens (including phenoxy) is 2. The SMILES string of the molecule is CC[C@H]1C(=O)O[C@@H]2CC[C@@]3(S(=O)(=O)c4ccc(Cl)cc4)c4c(F)ccc(F)c4OC[C@H]3[C@@H]21. The predicted molar refractivity (Wildman–Crippen MR) is 112 cm³/mol. The van der Waals surface area contributed by atoms with Crippen LogP contribution in [0.15, 0.2) is 41.3 Å². The Balaban J connectivity index is 1.80. The molecule has 2 aliphatic heterocycles. The first-order valence-electron chi connectivity index (χ1n) is 10.5. The van der Waals surface area contributed by atoms with E-state index in [-0.39, 0.29) is 41.6 Å². The van der Waals surface area contributed by atoms with Gasteiger partial charge in [-0.05, 0) is 55.7 Å². The number of esters is 1. The van der Waals surface area contributed by atoms with Crippen LogP contribution in [0.2, 0.25) is 5.02 Å². The van der Waals surface area contributed by atoms with Crippen molar-refractivity contribution in [3.05, 3.63) is 58.6 Å². The number of carbonyl (C=O) groups excluding carboxylic acids is 1. The van der Waals surface area contributed by atoms with Crippen LogP contribution < -0.4 is 4.74 Å². The molecule has 1 saturated carbocycles. The Morgan fingerprint density at radius 3 is 2.50 bits per heavy atom. The summed E-state index contributed by atoms with van der Waals surface area (Å²) < 4.78 is 67.9. The van der Waals surface area contributed by atoms with E-state index in [1.807, 2.05) is 6.92 Å². The quantitative estimate of drug-likeness (QED) is 0.595. The van der Waals surface area contributed by atoms with E-state index < -0.39 is 50.1 Å². The summed E-state index contributed by atoms with van der Waals surface area (Å²) in [4.78, 5) is 12.5. The number of sulfone groups is 1. The zero-order valence-corrected chi connectivity index (χ0v) is 18.8.